The molecule has 0 saturated carbocycles. The Bertz CT molecular complexity index is 576. The average Bonchev–Trinajstić information content (AvgIpc) is 2.86. The lowest BCUT2D eigenvalue weighted by Gasteiger charge is -2.32. The average molecular weight is 319 g/mol. The number of anilines is 1. The summed E-state index contributed by atoms with van der Waals surface area (Å²) in [6.45, 7) is 1.93. The number of nitrogens with two attached hydrogens (primary N) is 1. The van der Waals surface area contributed by atoms with Crippen LogP contribution in [0.2, 0.25) is 0 Å². The summed E-state index contributed by atoms with van der Waals surface area (Å²) < 4.78 is 31.0. The topological polar surface area (TPSA) is 92.9 Å². The molecule has 0 amide bonds. The Hall–Kier alpha value is -1.16. The highest BCUT2D eigenvalue weighted by Crippen LogP contribution is 2.25. The third kappa shape index (κ3) is 3.29. The van der Waals surface area contributed by atoms with Crippen molar-refractivity contribution in [2.24, 2.45) is 0 Å². The van der Waals surface area contributed by atoms with Crippen LogP contribution in [0.3, 0.4) is 0 Å². The van der Waals surface area contributed by atoms with E-state index < -0.39 is 10.0 Å². The summed E-state index contributed by atoms with van der Waals surface area (Å²) in [6.07, 6.45) is 0. The maximum Gasteiger partial charge on any atom is 0.319 e. The minimum atomic E-state index is -3.47. The lowest BCUT2D eigenvalue weighted by Crippen LogP contribution is -2.49. The molecule has 1 aromatic heterocycles. The van der Waals surface area contributed by atoms with Crippen molar-refractivity contribution in [3.05, 3.63) is 11.4 Å². The zero-order chi connectivity index (χ0) is 14.8. The van der Waals surface area contributed by atoms with E-state index in [9.17, 15) is 13.2 Å². The summed E-state index contributed by atoms with van der Waals surface area (Å²) in [6, 6.07) is 1.47. The number of sulfonamides is 1. The van der Waals surface area contributed by atoms with Crippen molar-refractivity contribution in [3.63, 3.8) is 0 Å². The number of hydrogen-bond acceptors (Lipinski definition) is 7. The van der Waals surface area contributed by atoms with Gasteiger partial charge in [-0.25, -0.2) is 8.42 Å². The number of esters is 1. The monoisotopic (exact) mass is 319 g/mol. The first-order chi connectivity index (χ1) is 9.43. The van der Waals surface area contributed by atoms with Gasteiger partial charge < -0.3 is 10.5 Å². The number of hydrogen-bond donors (Lipinski definition) is 1. The summed E-state index contributed by atoms with van der Waals surface area (Å²) in [5.74, 6) is -0.313. The molecule has 1 aliphatic heterocycles. The van der Waals surface area contributed by atoms with Gasteiger partial charge in [0.15, 0.2) is 0 Å². The SMILES string of the molecule is COC(=O)CN1CCN(S(=O)(=O)c2cc(N)cs2)CC1. The van der Waals surface area contributed by atoms with Crippen LogP contribution in [0.15, 0.2) is 15.7 Å². The zero-order valence-corrected chi connectivity index (χ0v) is 12.7. The zero-order valence-electron chi connectivity index (χ0n) is 11.1. The number of rotatable bonds is 4. The van der Waals surface area contributed by atoms with Crippen molar-refractivity contribution in [1.29, 1.82) is 0 Å². The normalized spacial score (nSPS) is 18.1. The number of ether oxygens (including phenoxy) is 1. The predicted molar refractivity (Wildman–Crippen MR) is 75.9 cm³/mol. The quantitative estimate of drug-likeness (QED) is 0.773. The van der Waals surface area contributed by atoms with Gasteiger partial charge in [-0.3, -0.25) is 9.69 Å². The van der Waals surface area contributed by atoms with Gasteiger partial charge in [0.1, 0.15) is 4.21 Å². The first kappa shape index (κ1) is 15.2. The van der Waals surface area contributed by atoms with Gasteiger partial charge in [-0.05, 0) is 6.07 Å². The van der Waals surface area contributed by atoms with Crippen LogP contribution in [0.1, 0.15) is 0 Å². The number of carbonyl (C=O) groups excluding carboxylic acids is 1. The van der Waals surface area contributed by atoms with E-state index in [0.717, 1.165) is 11.3 Å². The Kier molecular flexibility index (Phi) is 4.63. The second-order valence-corrected chi connectivity index (χ2v) is 7.53. The molecule has 2 heterocycles. The smallest absolute Gasteiger partial charge is 0.319 e. The van der Waals surface area contributed by atoms with Gasteiger partial charge in [-0.1, -0.05) is 0 Å². The van der Waals surface area contributed by atoms with E-state index in [0.29, 0.717) is 31.9 Å². The van der Waals surface area contributed by atoms with Crippen LogP contribution in [-0.2, 0) is 19.6 Å². The molecule has 0 radical (unpaired) electrons. The predicted octanol–water partition coefficient (Wildman–Crippen LogP) is -0.190. The second kappa shape index (κ2) is 6.08. The molecule has 112 valence electrons. The van der Waals surface area contributed by atoms with E-state index in [2.05, 4.69) is 4.74 Å². The van der Waals surface area contributed by atoms with E-state index in [1.54, 1.807) is 5.38 Å². The van der Waals surface area contributed by atoms with Crippen molar-refractivity contribution in [3.8, 4) is 0 Å². The minimum Gasteiger partial charge on any atom is -0.468 e. The third-order valence-electron chi connectivity index (χ3n) is 3.10. The van der Waals surface area contributed by atoms with Crippen LogP contribution in [0.25, 0.3) is 0 Å². The summed E-state index contributed by atoms with van der Waals surface area (Å²) in [4.78, 5) is 13.1. The van der Waals surface area contributed by atoms with Gasteiger partial charge in [0, 0.05) is 37.2 Å². The Morgan fingerprint density at radius 2 is 2.05 bits per heavy atom. The Morgan fingerprint density at radius 1 is 1.40 bits per heavy atom. The molecule has 0 unspecified atom stereocenters. The molecule has 0 aromatic carbocycles. The number of nitrogens with zero attached hydrogens (tertiary/aromatic N) is 2. The molecule has 0 spiro atoms. The summed E-state index contributed by atoms with van der Waals surface area (Å²) in [5, 5.41) is 1.61. The highest BCUT2D eigenvalue weighted by atomic mass is 32.2. The fourth-order valence-corrected chi connectivity index (χ4v) is 4.62. The molecule has 0 bridgehead atoms. The van der Waals surface area contributed by atoms with E-state index >= 15 is 0 Å². The van der Waals surface area contributed by atoms with Gasteiger partial charge >= 0.3 is 5.97 Å². The van der Waals surface area contributed by atoms with Crippen LogP contribution in [-0.4, -0.2) is 63.4 Å². The van der Waals surface area contributed by atoms with Crippen molar-refractivity contribution in [1.82, 2.24) is 9.21 Å². The van der Waals surface area contributed by atoms with Crippen molar-refractivity contribution < 1.29 is 17.9 Å². The molecule has 2 N–H and O–H groups in total. The first-order valence-electron chi connectivity index (χ1n) is 6.07. The molecule has 0 aliphatic carbocycles. The molecule has 2 rings (SSSR count). The summed E-state index contributed by atoms with van der Waals surface area (Å²) in [5.41, 5.74) is 6.02. The lowest BCUT2D eigenvalue weighted by molar-refractivity contribution is -0.142. The molecule has 20 heavy (non-hydrogen) atoms. The van der Waals surface area contributed by atoms with Gasteiger partial charge in [0.05, 0.1) is 13.7 Å². The van der Waals surface area contributed by atoms with Crippen LogP contribution >= 0.6 is 11.3 Å². The third-order valence-corrected chi connectivity index (χ3v) is 6.43. The Balaban J connectivity index is 1.98. The molecule has 7 nitrogen and oxygen atoms in total. The van der Waals surface area contributed by atoms with Gasteiger partial charge in [-0.2, -0.15) is 4.31 Å². The highest BCUT2D eigenvalue weighted by Gasteiger charge is 2.30. The number of methoxy groups -OCH3 is 1. The fraction of sp³-hybridized carbons (Fsp3) is 0.545. The minimum absolute atomic E-state index is 0.191. The molecule has 0 atom stereocenters. The molecule has 1 fully saturated rings. The van der Waals surface area contributed by atoms with Crippen molar-refractivity contribution in [2.45, 2.75) is 4.21 Å². The molecule has 1 aliphatic rings. The van der Waals surface area contributed by atoms with Crippen molar-refractivity contribution in [2.75, 3.05) is 45.6 Å². The van der Waals surface area contributed by atoms with Crippen LogP contribution in [0.5, 0.6) is 0 Å². The van der Waals surface area contributed by atoms with Crippen molar-refractivity contribution >= 4 is 33.0 Å². The lowest BCUT2D eigenvalue weighted by atomic mass is 10.3. The van der Waals surface area contributed by atoms with Gasteiger partial charge in [0.25, 0.3) is 10.0 Å². The molecule has 9 heteroatoms. The largest absolute Gasteiger partial charge is 0.468 e. The standard InChI is InChI=1S/C11H17N3O4S2/c1-18-10(15)7-13-2-4-14(5-3-13)20(16,17)11-6-9(12)8-19-11/h6,8H,2-5,7,12H2,1H3. The maximum absolute atomic E-state index is 12.4. The van der Waals surface area contributed by atoms with Crippen LogP contribution < -0.4 is 5.73 Å². The Labute approximate surface area is 122 Å². The van der Waals surface area contributed by atoms with E-state index in [1.165, 1.54) is 17.5 Å². The second-order valence-electron chi connectivity index (χ2n) is 4.46. The summed E-state index contributed by atoms with van der Waals surface area (Å²) in [7, 11) is -2.13. The van der Waals surface area contributed by atoms with E-state index in [1.807, 2.05) is 4.90 Å². The number of thiophene rings is 1. The van der Waals surface area contributed by atoms with Crippen LogP contribution in [0, 0.1) is 0 Å². The highest BCUT2D eigenvalue weighted by molar-refractivity contribution is 7.91. The number of nitrogen functional groups attached to an aromatic ring is 1. The Morgan fingerprint density at radius 3 is 2.55 bits per heavy atom. The molecular weight excluding hydrogens is 302 g/mol. The molecule has 1 saturated heterocycles. The van der Waals surface area contributed by atoms with Crippen LogP contribution in [0.4, 0.5) is 5.69 Å². The molecular formula is C11H17N3O4S2. The first-order valence-corrected chi connectivity index (χ1v) is 8.39. The fourth-order valence-electron chi connectivity index (χ4n) is 1.97. The van der Waals surface area contributed by atoms with Gasteiger partial charge in [-0.15, -0.1) is 11.3 Å². The maximum atomic E-state index is 12.4. The van der Waals surface area contributed by atoms with Gasteiger partial charge in [0.2, 0.25) is 0 Å². The number of piperazine rings is 1. The summed E-state index contributed by atoms with van der Waals surface area (Å²) >= 11 is 1.12. The molecule has 1 aromatic rings. The van der Waals surface area contributed by atoms with E-state index in [-0.39, 0.29) is 16.7 Å². The number of carbonyl (C=O) groups is 1. The van der Waals surface area contributed by atoms with E-state index in [4.69, 9.17) is 5.73 Å².